The van der Waals surface area contributed by atoms with Crippen molar-refractivity contribution in [2.24, 2.45) is 0 Å². The summed E-state index contributed by atoms with van der Waals surface area (Å²) in [6.45, 7) is 6.96. The topological polar surface area (TPSA) is 270 Å². The Balaban J connectivity index is 1.36. The van der Waals surface area contributed by atoms with Crippen LogP contribution in [0.2, 0.25) is 0 Å². The van der Waals surface area contributed by atoms with Gasteiger partial charge in [0.25, 0.3) is 11.8 Å². The quantitative estimate of drug-likeness (QED) is 0.0618. The normalized spacial score (nSPS) is 17.2. The second kappa shape index (κ2) is 20.9. The molecule has 20 nitrogen and oxygen atoms in total. The smallest absolute Gasteiger partial charge is 0.327 e. The van der Waals surface area contributed by atoms with Crippen LogP contribution < -0.4 is 34.9 Å². The number of carbonyl (C=O) groups excluding carboxylic acids is 9. The van der Waals surface area contributed by atoms with E-state index in [9.17, 15) is 53.1 Å². The molecule has 3 aromatic carbocycles. The number of benzene rings is 3. The summed E-state index contributed by atoms with van der Waals surface area (Å²) in [7, 11) is 0. The van der Waals surface area contributed by atoms with Crippen molar-refractivity contribution >= 4 is 71.1 Å². The lowest BCUT2D eigenvalue weighted by atomic mass is 9.95. The van der Waals surface area contributed by atoms with Crippen LogP contribution in [0.3, 0.4) is 0 Å². The molecule has 2 heterocycles. The molecule has 4 N–H and O–H groups in total. The maximum Gasteiger partial charge on any atom is 0.327 e. The fraction of sp³-hybridized carbons (Fsp3) is 0.364. The molecule has 4 atom stereocenters. The molecule has 0 saturated carbocycles. The molecule has 2 aliphatic heterocycles. The molecule has 0 aromatic heterocycles. The summed E-state index contributed by atoms with van der Waals surface area (Å²) in [6, 6.07) is 12.5. The van der Waals surface area contributed by atoms with Gasteiger partial charge in [-0.05, 0) is 56.5 Å². The molecular weight excluding hydrogens is 871 g/mol. The average molecular weight is 918 g/mol. The maximum absolute atomic E-state index is 14.4. The van der Waals surface area contributed by atoms with Crippen LogP contribution in [-0.2, 0) is 38.4 Å². The lowest BCUT2D eigenvalue weighted by Gasteiger charge is -2.44. The van der Waals surface area contributed by atoms with E-state index in [1.807, 2.05) is 0 Å². The van der Waals surface area contributed by atoms with Crippen LogP contribution >= 0.6 is 11.8 Å². The number of amides is 5. The fourth-order valence-corrected chi connectivity index (χ4v) is 8.83. The molecule has 0 spiro atoms. The Hall–Kier alpha value is -7.29. The number of unbranched alkanes of at least 4 members (excludes halogenated alkanes) is 1. The Morgan fingerprint density at radius 3 is 1.86 bits per heavy atom. The van der Waals surface area contributed by atoms with Gasteiger partial charge >= 0.3 is 29.8 Å². The standard InChI is InChI=1S/C44H47N5O15S/c1-23(50)61-30-18-12-16-28(35(30)63-25(3)52)38(55)45-20-10-11-21-48(40(57)29-17-13-19-31(62-24(2)51)36(29)64-26(4)53)22-32(54)46-33(27-14-8-7-9-15-27)39(56)47-34-41(58)49-37(43(59)60)44(5,6)65-42(34)49/h7-9,12-19,33-34,37,42H,10-11,20-22H2,1-6H3,(H,45,55)(H,46,54)(H,47,56)(H,59,60)/t33?,34-,37+,42-/m1/s1. The minimum Gasteiger partial charge on any atom is -0.480 e. The first-order valence-corrected chi connectivity index (χ1v) is 21.0. The van der Waals surface area contributed by atoms with E-state index in [2.05, 4.69) is 16.0 Å². The van der Waals surface area contributed by atoms with Gasteiger partial charge in [-0.15, -0.1) is 11.8 Å². The van der Waals surface area contributed by atoms with Crippen molar-refractivity contribution in [3.8, 4) is 23.0 Å². The van der Waals surface area contributed by atoms with Crippen LogP contribution in [0, 0.1) is 0 Å². The highest BCUT2D eigenvalue weighted by Crippen LogP contribution is 2.51. The molecule has 2 aliphatic rings. The van der Waals surface area contributed by atoms with Crippen LogP contribution in [0.25, 0.3) is 0 Å². The molecule has 2 fully saturated rings. The van der Waals surface area contributed by atoms with Gasteiger partial charge in [-0.2, -0.15) is 0 Å². The van der Waals surface area contributed by atoms with E-state index in [-0.39, 0.29) is 54.3 Å². The van der Waals surface area contributed by atoms with E-state index in [4.69, 9.17) is 18.9 Å². The van der Waals surface area contributed by atoms with Gasteiger partial charge in [0.2, 0.25) is 17.7 Å². The number of para-hydroxylation sites is 2. The average Bonchev–Trinajstić information content (AvgIpc) is 3.49. The lowest BCUT2D eigenvalue weighted by Crippen LogP contribution is -2.71. The highest BCUT2D eigenvalue weighted by atomic mass is 32.2. The van der Waals surface area contributed by atoms with Gasteiger partial charge in [0.15, 0.2) is 23.0 Å². The number of hydrogen-bond donors (Lipinski definition) is 4. The number of esters is 4. The van der Waals surface area contributed by atoms with Gasteiger partial charge in [0, 0.05) is 45.5 Å². The number of aliphatic carboxylic acids is 1. The Labute approximate surface area is 376 Å². The third-order valence-electron chi connectivity index (χ3n) is 9.87. The van der Waals surface area contributed by atoms with Gasteiger partial charge in [0.05, 0.1) is 17.7 Å². The van der Waals surface area contributed by atoms with E-state index in [0.29, 0.717) is 5.56 Å². The zero-order valence-electron chi connectivity index (χ0n) is 36.2. The van der Waals surface area contributed by atoms with Gasteiger partial charge in [-0.1, -0.05) is 42.5 Å². The zero-order valence-corrected chi connectivity index (χ0v) is 37.0. The first-order valence-electron chi connectivity index (χ1n) is 20.1. The number of β-lactam (4-membered cyclic amide) rings is 1. The SMILES string of the molecule is CC(=O)Oc1cccc(C(=O)NCCCCN(CC(=O)NC(C(=O)N[C@@H]2C(=O)N3[C@@H]2SC(C)(C)[C@@H]3C(=O)O)c2ccccc2)C(=O)c2cccc(OC(C)=O)c2OC(C)=O)c1OC(C)=O. The van der Waals surface area contributed by atoms with Crippen molar-refractivity contribution in [1.82, 2.24) is 25.8 Å². The molecule has 5 amide bonds. The van der Waals surface area contributed by atoms with E-state index in [1.165, 1.54) is 53.1 Å². The summed E-state index contributed by atoms with van der Waals surface area (Å²) in [5, 5.41) is 17.1. The van der Waals surface area contributed by atoms with E-state index in [0.717, 1.165) is 32.6 Å². The monoisotopic (exact) mass is 917 g/mol. The summed E-state index contributed by atoms with van der Waals surface area (Å²) in [6.07, 6.45) is 0.347. The maximum atomic E-state index is 14.4. The second-order valence-electron chi connectivity index (χ2n) is 15.3. The number of carboxylic acids is 1. The molecule has 5 rings (SSSR count). The summed E-state index contributed by atoms with van der Waals surface area (Å²) in [5.74, 6) is -9.12. The van der Waals surface area contributed by atoms with Crippen molar-refractivity contribution in [3.05, 3.63) is 83.4 Å². The summed E-state index contributed by atoms with van der Waals surface area (Å²) in [4.78, 5) is 131. The third kappa shape index (κ3) is 11.8. The molecule has 65 heavy (non-hydrogen) atoms. The Morgan fingerprint density at radius 2 is 1.31 bits per heavy atom. The summed E-state index contributed by atoms with van der Waals surface area (Å²) >= 11 is 1.23. The molecule has 0 aliphatic carbocycles. The second-order valence-corrected chi connectivity index (χ2v) is 17.1. The van der Waals surface area contributed by atoms with E-state index >= 15 is 0 Å². The van der Waals surface area contributed by atoms with Gasteiger partial charge in [-0.25, -0.2) is 4.79 Å². The fourth-order valence-electron chi connectivity index (χ4n) is 7.20. The van der Waals surface area contributed by atoms with E-state index < -0.39 is 99.9 Å². The molecule has 0 radical (unpaired) electrons. The molecule has 0 bridgehead atoms. The van der Waals surface area contributed by atoms with Crippen LogP contribution in [0.15, 0.2) is 66.7 Å². The van der Waals surface area contributed by atoms with Gasteiger partial charge in [-0.3, -0.25) is 43.2 Å². The Kier molecular flexibility index (Phi) is 15.7. The van der Waals surface area contributed by atoms with Crippen molar-refractivity contribution in [1.29, 1.82) is 0 Å². The Morgan fingerprint density at radius 1 is 0.754 bits per heavy atom. The molecule has 344 valence electrons. The Bertz CT molecular complexity index is 2410. The molecule has 2 saturated heterocycles. The molecular formula is C44H47N5O15S. The summed E-state index contributed by atoms with van der Waals surface area (Å²) < 4.78 is 19.9. The number of fused-ring (bicyclic) bond motifs is 1. The van der Waals surface area contributed by atoms with Crippen molar-refractivity contribution < 1.29 is 72.0 Å². The molecule has 21 heteroatoms. The van der Waals surface area contributed by atoms with Gasteiger partial charge in [0.1, 0.15) is 23.5 Å². The number of nitrogens with zero attached hydrogens (tertiary/aromatic N) is 2. The van der Waals surface area contributed by atoms with Crippen LogP contribution in [0.5, 0.6) is 23.0 Å². The number of hydrogen-bond acceptors (Lipinski definition) is 15. The van der Waals surface area contributed by atoms with Crippen LogP contribution in [0.1, 0.15) is 86.7 Å². The van der Waals surface area contributed by atoms with Crippen molar-refractivity contribution in [2.45, 2.75) is 82.6 Å². The minimum absolute atomic E-state index is 0.00222. The van der Waals surface area contributed by atoms with Crippen LogP contribution in [0.4, 0.5) is 0 Å². The highest BCUT2D eigenvalue weighted by molar-refractivity contribution is 8.01. The predicted molar refractivity (Wildman–Crippen MR) is 229 cm³/mol. The summed E-state index contributed by atoms with van der Waals surface area (Å²) in [5.41, 5.74) is -0.0444. The molecule has 1 unspecified atom stereocenters. The molecule has 3 aromatic rings. The van der Waals surface area contributed by atoms with Crippen LogP contribution in [-0.4, -0.2) is 116 Å². The largest absolute Gasteiger partial charge is 0.480 e. The lowest BCUT2D eigenvalue weighted by molar-refractivity contribution is -0.161. The number of rotatable bonds is 18. The number of ether oxygens (including phenoxy) is 4. The number of nitrogens with one attached hydrogen (secondary N) is 3. The number of carboxylic acid groups (broad SMARTS) is 1. The van der Waals surface area contributed by atoms with E-state index in [1.54, 1.807) is 44.2 Å². The first kappa shape index (κ1) is 48.7. The van der Waals surface area contributed by atoms with Gasteiger partial charge < -0.3 is 49.8 Å². The zero-order chi connectivity index (χ0) is 47.7. The number of carbonyl (C=O) groups is 10. The van der Waals surface area contributed by atoms with Crippen molar-refractivity contribution in [3.63, 3.8) is 0 Å². The predicted octanol–water partition coefficient (Wildman–Crippen LogP) is 2.53. The third-order valence-corrected chi connectivity index (χ3v) is 11.4. The first-order chi connectivity index (χ1) is 30.7. The number of thioether (sulfide) groups is 1. The highest BCUT2D eigenvalue weighted by Gasteiger charge is 2.64. The van der Waals surface area contributed by atoms with Crippen molar-refractivity contribution in [2.75, 3.05) is 19.6 Å². The minimum atomic E-state index is -1.40.